The van der Waals surface area contributed by atoms with Crippen molar-refractivity contribution in [2.45, 2.75) is 6.92 Å². The van der Waals surface area contributed by atoms with Crippen LogP contribution in [0.15, 0.2) is 11.4 Å². The van der Waals surface area contributed by atoms with Crippen molar-refractivity contribution in [1.82, 2.24) is 0 Å². The molecule has 1 aromatic rings. The molecule has 12 heavy (non-hydrogen) atoms. The number of nitrogen functional groups attached to an aromatic ring is 1. The highest BCUT2D eigenvalue weighted by atomic mass is 35.5. The molecule has 1 aromatic heterocycles. The average molecular weight is 208 g/mol. The second-order valence-electron chi connectivity index (χ2n) is 1.92. The number of esters is 1. The highest BCUT2D eigenvalue weighted by Crippen LogP contribution is 2.19. The lowest BCUT2D eigenvalue weighted by Gasteiger charge is -1.98. The Bertz CT molecular complexity index is 262. The summed E-state index contributed by atoms with van der Waals surface area (Å²) >= 11 is 1.34. The molecular formula is C7H10ClNO2S. The number of carbonyl (C=O) groups excluding carboxylic acids is 1. The van der Waals surface area contributed by atoms with Crippen molar-refractivity contribution in [2.75, 3.05) is 12.3 Å². The van der Waals surface area contributed by atoms with Gasteiger partial charge in [0.2, 0.25) is 0 Å². The third-order valence-corrected chi connectivity index (χ3v) is 1.94. The van der Waals surface area contributed by atoms with Crippen molar-refractivity contribution >= 4 is 34.7 Å². The van der Waals surface area contributed by atoms with E-state index in [1.165, 1.54) is 11.3 Å². The fourth-order valence-corrected chi connectivity index (χ4v) is 1.33. The highest BCUT2D eigenvalue weighted by Gasteiger charge is 2.10. The maximum atomic E-state index is 11.0. The van der Waals surface area contributed by atoms with Crippen LogP contribution in [0, 0.1) is 0 Å². The number of hydrogen-bond donors (Lipinski definition) is 1. The van der Waals surface area contributed by atoms with Crippen LogP contribution in [0.3, 0.4) is 0 Å². The minimum absolute atomic E-state index is 0. The van der Waals surface area contributed by atoms with Crippen molar-refractivity contribution in [1.29, 1.82) is 0 Å². The molecule has 68 valence electrons. The Morgan fingerprint density at radius 2 is 2.42 bits per heavy atom. The molecule has 0 spiro atoms. The minimum atomic E-state index is -0.341. The summed E-state index contributed by atoms with van der Waals surface area (Å²) in [4.78, 5) is 11.0. The number of thiophene rings is 1. The third-order valence-electron chi connectivity index (χ3n) is 1.19. The molecular weight excluding hydrogens is 198 g/mol. The quantitative estimate of drug-likeness (QED) is 0.754. The fourth-order valence-electron chi connectivity index (χ4n) is 0.698. The molecule has 0 atom stereocenters. The van der Waals surface area contributed by atoms with E-state index >= 15 is 0 Å². The molecule has 0 aliphatic carbocycles. The molecule has 1 rings (SSSR count). The average Bonchev–Trinajstić information content (AvgIpc) is 2.36. The summed E-state index contributed by atoms with van der Waals surface area (Å²) < 4.78 is 4.75. The largest absolute Gasteiger partial charge is 0.462 e. The third kappa shape index (κ3) is 2.39. The molecule has 0 amide bonds. The summed E-state index contributed by atoms with van der Waals surface area (Å²) in [6.07, 6.45) is 0. The lowest BCUT2D eigenvalue weighted by molar-refractivity contribution is 0.0528. The zero-order valence-corrected chi connectivity index (χ0v) is 8.21. The smallest absolute Gasteiger partial charge is 0.341 e. The molecule has 1 heterocycles. The van der Waals surface area contributed by atoms with Gasteiger partial charge in [-0.2, -0.15) is 0 Å². The van der Waals surface area contributed by atoms with E-state index in [-0.39, 0.29) is 18.4 Å². The number of anilines is 1. The summed E-state index contributed by atoms with van der Waals surface area (Å²) in [6.45, 7) is 2.15. The SMILES string of the molecule is CCOC(=O)c1ccsc1N.Cl. The lowest BCUT2D eigenvalue weighted by Crippen LogP contribution is -2.05. The predicted octanol–water partition coefficient (Wildman–Crippen LogP) is 1.93. The Labute approximate surface area is 80.9 Å². The summed E-state index contributed by atoms with van der Waals surface area (Å²) in [7, 11) is 0. The van der Waals surface area contributed by atoms with Crippen molar-refractivity contribution < 1.29 is 9.53 Å². The van der Waals surface area contributed by atoms with E-state index in [1.54, 1.807) is 18.4 Å². The van der Waals surface area contributed by atoms with Gasteiger partial charge in [-0.25, -0.2) is 4.79 Å². The van der Waals surface area contributed by atoms with Gasteiger partial charge >= 0.3 is 5.97 Å². The van der Waals surface area contributed by atoms with Crippen LogP contribution in [0.5, 0.6) is 0 Å². The number of hydrogen-bond acceptors (Lipinski definition) is 4. The Morgan fingerprint density at radius 3 is 2.83 bits per heavy atom. The van der Waals surface area contributed by atoms with E-state index < -0.39 is 0 Å². The Kier molecular flexibility index (Phi) is 4.70. The number of halogens is 1. The van der Waals surface area contributed by atoms with E-state index in [0.29, 0.717) is 17.2 Å². The molecule has 0 aromatic carbocycles. The van der Waals surface area contributed by atoms with Crippen molar-refractivity contribution in [3.05, 3.63) is 17.0 Å². The summed E-state index contributed by atoms with van der Waals surface area (Å²) in [5, 5.41) is 2.28. The topological polar surface area (TPSA) is 52.3 Å². The first-order chi connectivity index (χ1) is 5.25. The number of ether oxygens (including phenoxy) is 1. The van der Waals surface area contributed by atoms with E-state index in [9.17, 15) is 4.79 Å². The van der Waals surface area contributed by atoms with Crippen LogP contribution in [0.4, 0.5) is 5.00 Å². The molecule has 2 N–H and O–H groups in total. The van der Waals surface area contributed by atoms with E-state index in [1.807, 2.05) is 0 Å². The molecule has 0 radical (unpaired) electrons. The van der Waals surface area contributed by atoms with Crippen LogP contribution in [-0.2, 0) is 4.74 Å². The van der Waals surface area contributed by atoms with E-state index in [4.69, 9.17) is 10.5 Å². The lowest BCUT2D eigenvalue weighted by atomic mass is 10.3. The van der Waals surface area contributed by atoms with Gasteiger partial charge in [-0.05, 0) is 18.4 Å². The van der Waals surface area contributed by atoms with Crippen LogP contribution in [0.2, 0.25) is 0 Å². The first-order valence-electron chi connectivity index (χ1n) is 3.25. The second kappa shape index (κ2) is 5.00. The summed E-state index contributed by atoms with van der Waals surface area (Å²) in [5.41, 5.74) is 5.96. The Hall–Kier alpha value is -0.740. The zero-order valence-electron chi connectivity index (χ0n) is 6.57. The highest BCUT2D eigenvalue weighted by molar-refractivity contribution is 7.14. The molecule has 0 saturated heterocycles. The van der Waals surface area contributed by atoms with Gasteiger partial charge in [0.1, 0.15) is 5.00 Å². The number of carbonyl (C=O) groups is 1. The van der Waals surface area contributed by atoms with Gasteiger partial charge in [-0.1, -0.05) is 0 Å². The first-order valence-corrected chi connectivity index (χ1v) is 4.13. The predicted molar refractivity (Wildman–Crippen MR) is 51.9 cm³/mol. The molecule has 0 bridgehead atoms. The van der Waals surface area contributed by atoms with Gasteiger partial charge in [0, 0.05) is 0 Å². The number of nitrogens with two attached hydrogens (primary N) is 1. The van der Waals surface area contributed by atoms with Gasteiger partial charge in [0.05, 0.1) is 12.2 Å². The first kappa shape index (κ1) is 11.3. The standard InChI is InChI=1S/C7H9NO2S.ClH/c1-2-10-7(9)5-3-4-11-6(5)8;/h3-4H,2,8H2,1H3;1H. The van der Waals surface area contributed by atoms with Crippen LogP contribution < -0.4 is 5.73 Å². The monoisotopic (exact) mass is 207 g/mol. The van der Waals surface area contributed by atoms with Crippen molar-refractivity contribution in [2.24, 2.45) is 0 Å². The van der Waals surface area contributed by atoms with Crippen molar-refractivity contribution in [3.63, 3.8) is 0 Å². The van der Waals surface area contributed by atoms with E-state index in [2.05, 4.69) is 0 Å². The van der Waals surface area contributed by atoms with E-state index in [0.717, 1.165) is 0 Å². The van der Waals surface area contributed by atoms with Gasteiger partial charge in [-0.3, -0.25) is 0 Å². The molecule has 5 heteroatoms. The van der Waals surface area contributed by atoms with Crippen molar-refractivity contribution in [3.8, 4) is 0 Å². The summed E-state index contributed by atoms with van der Waals surface area (Å²) in [6, 6.07) is 1.66. The van der Waals surface area contributed by atoms with Crippen LogP contribution in [0.1, 0.15) is 17.3 Å². The Balaban J connectivity index is 0.00000121. The minimum Gasteiger partial charge on any atom is -0.462 e. The molecule has 0 fully saturated rings. The van der Waals surface area contributed by atoms with Gasteiger partial charge in [-0.15, -0.1) is 23.7 Å². The van der Waals surface area contributed by atoms with Gasteiger partial charge < -0.3 is 10.5 Å². The van der Waals surface area contributed by atoms with Crippen LogP contribution in [-0.4, -0.2) is 12.6 Å². The molecule has 0 saturated carbocycles. The molecule has 0 aliphatic heterocycles. The molecule has 0 unspecified atom stereocenters. The fraction of sp³-hybridized carbons (Fsp3) is 0.286. The molecule has 0 aliphatic rings. The molecule has 3 nitrogen and oxygen atoms in total. The van der Waals surface area contributed by atoms with Crippen LogP contribution >= 0.6 is 23.7 Å². The Morgan fingerprint density at radius 1 is 1.75 bits per heavy atom. The maximum absolute atomic E-state index is 11.0. The number of rotatable bonds is 2. The van der Waals surface area contributed by atoms with Crippen LogP contribution in [0.25, 0.3) is 0 Å². The summed E-state index contributed by atoms with van der Waals surface area (Å²) in [5.74, 6) is -0.341. The van der Waals surface area contributed by atoms with Gasteiger partial charge in [0.25, 0.3) is 0 Å². The zero-order chi connectivity index (χ0) is 8.27. The van der Waals surface area contributed by atoms with Gasteiger partial charge in [0.15, 0.2) is 0 Å². The second-order valence-corrected chi connectivity index (χ2v) is 2.87. The maximum Gasteiger partial charge on any atom is 0.341 e. The normalized spacial score (nSPS) is 8.75.